The van der Waals surface area contributed by atoms with E-state index in [2.05, 4.69) is 14.0 Å². The molecule has 2 atom stereocenters. The SMILES string of the molecule is COc1cc2c(cc1O)CC[NH+](C)[C@@H]2C. The molecule has 0 fully saturated rings. The van der Waals surface area contributed by atoms with Crippen molar-refractivity contribution in [2.24, 2.45) is 0 Å². The Hall–Kier alpha value is -1.22. The lowest BCUT2D eigenvalue weighted by atomic mass is 9.93. The number of aromatic hydroxyl groups is 1. The zero-order chi connectivity index (χ0) is 11.0. The van der Waals surface area contributed by atoms with Crippen LogP contribution in [0.5, 0.6) is 11.5 Å². The van der Waals surface area contributed by atoms with Crippen LogP contribution in [0.3, 0.4) is 0 Å². The van der Waals surface area contributed by atoms with Gasteiger partial charge in [-0.15, -0.1) is 0 Å². The molecule has 3 nitrogen and oxygen atoms in total. The predicted octanol–water partition coefficient (Wildman–Crippen LogP) is 0.533. The van der Waals surface area contributed by atoms with Crippen molar-refractivity contribution in [2.75, 3.05) is 20.7 Å². The fourth-order valence-corrected chi connectivity index (χ4v) is 2.22. The van der Waals surface area contributed by atoms with E-state index in [0.717, 1.165) is 13.0 Å². The van der Waals surface area contributed by atoms with Gasteiger partial charge in [0.25, 0.3) is 0 Å². The maximum atomic E-state index is 9.69. The summed E-state index contributed by atoms with van der Waals surface area (Å²) in [7, 11) is 3.79. The molecule has 1 aliphatic rings. The molecule has 0 aromatic heterocycles. The lowest BCUT2D eigenvalue weighted by molar-refractivity contribution is -0.912. The first-order chi connectivity index (χ1) is 7.13. The number of likely N-dealkylation sites (N-methyl/N-ethyl adjacent to an activating group) is 1. The first-order valence-corrected chi connectivity index (χ1v) is 5.35. The fourth-order valence-electron chi connectivity index (χ4n) is 2.22. The van der Waals surface area contributed by atoms with Crippen LogP contribution >= 0.6 is 0 Å². The molecule has 0 aliphatic carbocycles. The number of benzene rings is 1. The molecule has 0 radical (unpaired) electrons. The third kappa shape index (κ3) is 1.67. The van der Waals surface area contributed by atoms with Crippen LogP contribution in [0, 0.1) is 0 Å². The Balaban J connectivity index is 2.48. The molecule has 1 aromatic rings. The highest BCUT2D eigenvalue weighted by Gasteiger charge is 2.25. The Morgan fingerprint density at radius 3 is 2.87 bits per heavy atom. The summed E-state index contributed by atoms with van der Waals surface area (Å²) >= 11 is 0. The zero-order valence-corrected chi connectivity index (χ0v) is 9.50. The van der Waals surface area contributed by atoms with E-state index in [1.807, 2.05) is 12.1 Å². The normalized spacial score (nSPS) is 24.7. The van der Waals surface area contributed by atoms with Gasteiger partial charge in [0.1, 0.15) is 6.04 Å². The Bertz CT molecular complexity index is 376. The standard InChI is InChI=1S/C12H17NO2/c1-8-10-7-12(15-3)11(14)6-9(10)4-5-13(8)2/h6-8,14H,4-5H2,1-3H3/p+1/t8-/m1/s1. The van der Waals surface area contributed by atoms with Crippen LogP contribution in [0.1, 0.15) is 24.1 Å². The van der Waals surface area contributed by atoms with Gasteiger partial charge in [0.05, 0.1) is 20.7 Å². The van der Waals surface area contributed by atoms with Crippen LogP contribution in [0.2, 0.25) is 0 Å². The number of fused-ring (bicyclic) bond motifs is 1. The maximum absolute atomic E-state index is 9.69. The van der Waals surface area contributed by atoms with Crippen LogP contribution in [0.4, 0.5) is 0 Å². The Kier molecular flexibility index (Phi) is 2.57. The summed E-state index contributed by atoms with van der Waals surface area (Å²) in [6.07, 6.45) is 1.03. The Morgan fingerprint density at radius 2 is 2.20 bits per heavy atom. The molecule has 1 aliphatic heterocycles. The van der Waals surface area contributed by atoms with E-state index in [4.69, 9.17) is 4.74 Å². The number of hydrogen-bond acceptors (Lipinski definition) is 2. The van der Waals surface area contributed by atoms with Gasteiger partial charge in [-0.3, -0.25) is 0 Å². The summed E-state index contributed by atoms with van der Waals surface area (Å²) in [6.45, 7) is 3.34. The van der Waals surface area contributed by atoms with Crippen molar-refractivity contribution in [1.29, 1.82) is 0 Å². The topological polar surface area (TPSA) is 33.9 Å². The average Bonchev–Trinajstić information content (AvgIpc) is 2.23. The number of rotatable bonds is 1. The molecule has 0 spiro atoms. The highest BCUT2D eigenvalue weighted by molar-refractivity contribution is 5.47. The van der Waals surface area contributed by atoms with Crippen LogP contribution in [0.25, 0.3) is 0 Å². The number of phenols is 1. The van der Waals surface area contributed by atoms with Crippen LogP contribution in [0.15, 0.2) is 12.1 Å². The number of hydrogen-bond donors (Lipinski definition) is 2. The van der Waals surface area contributed by atoms with E-state index in [1.165, 1.54) is 16.0 Å². The molecule has 0 saturated heterocycles. The number of quaternary nitrogens is 1. The van der Waals surface area contributed by atoms with E-state index in [0.29, 0.717) is 11.8 Å². The Labute approximate surface area is 90.3 Å². The molecule has 3 heteroatoms. The van der Waals surface area contributed by atoms with E-state index in [-0.39, 0.29) is 5.75 Å². The molecule has 0 saturated carbocycles. The maximum Gasteiger partial charge on any atom is 0.161 e. The van der Waals surface area contributed by atoms with Crippen LogP contribution in [-0.2, 0) is 6.42 Å². The van der Waals surface area contributed by atoms with Crippen molar-refractivity contribution in [3.05, 3.63) is 23.3 Å². The molecule has 15 heavy (non-hydrogen) atoms. The number of nitrogens with one attached hydrogen (secondary N) is 1. The molecule has 0 amide bonds. The predicted molar refractivity (Wildman–Crippen MR) is 58.5 cm³/mol. The van der Waals surface area contributed by atoms with Gasteiger partial charge in [-0.25, -0.2) is 0 Å². The third-order valence-corrected chi connectivity index (χ3v) is 3.44. The van der Waals surface area contributed by atoms with Gasteiger partial charge in [-0.1, -0.05) is 0 Å². The lowest BCUT2D eigenvalue weighted by Crippen LogP contribution is -3.10. The van der Waals surface area contributed by atoms with Crippen molar-refractivity contribution in [1.82, 2.24) is 0 Å². The van der Waals surface area contributed by atoms with Gasteiger partial charge in [-0.05, 0) is 24.6 Å². The van der Waals surface area contributed by atoms with Gasteiger partial charge in [0.2, 0.25) is 0 Å². The lowest BCUT2D eigenvalue weighted by Gasteiger charge is -2.29. The molecular weight excluding hydrogens is 190 g/mol. The zero-order valence-electron chi connectivity index (χ0n) is 9.50. The van der Waals surface area contributed by atoms with Crippen molar-refractivity contribution < 1.29 is 14.7 Å². The second-order valence-corrected chi connectivity index (χ2v) is 4.29. The molecular formula is C12H18NO2+. The molecule has 1 aromatic carbocycles. The summed E-state index contributed by atoms with van der Waals surface area (Å²) in [4.78, 5) is 1.51. The van der Waals surface area contributed by atoms with E-state index in [1.54, 1.807) is 7.11 Å². The average molecular weight is 208 g/mol. The highest BCUT2D eigenvalue weighted by atomic mass is 16.5. The number of ether oxygens (including phenoxy) is 1. The molecule has 1 unspecified atom stereocenters. The van der Waals surface area contributed by atoms with Crippen molar-refractivity contribution >= 4 is 0 Å². The summed E-state index contributed by atoms with van der Waals surface area (Å²) < 4.78 is 5.14. The quantitative estimate of drug-likeness (QED) is 0.706. The molecule has 0 bridgehead atoms. The van der Waals surface area contributed by atoms with Crippen LogP contribution < -0.4 is 9.64 Å². The number of phenolic OH excluding ortho intramolecular Hbond substituents is 1. The molecule has 1 heterocycles. The van der Waals surface area contributed by atoms with Gasteiger partial charge < -0.3 is 14.7 Å². The van der Waals surface area contributed by atoms with Crippen molar-refractivity contribution in [2.45, 2.75) is 19.4 Å². The summed E-state index contributed by atoms with van der Waals surface area (Å²) in [5.74, 6) is 0.832. The second kappa shape index (κ2) is 3.74. The molecule has 2 N–H and O–H groups in total. The van der Waals surface area contributed by atoms with Gasteiger partial charge in [0.15, 0.2) is 11.5 Å². The molecule has 2 rings (SSSR count). The number of methoxy groups -OCH3 is 1. The Morgan fingerprint density at radius 1 is 1.47 bits per heavy atom. The van der Waals surface area contributed by atoms with Gasteiger partial charge in [0, 0.05) is 12.0 Å². The summed E-state index contributed by atoms with van der Waals surface area (Å²) in [5, 5.41) is 9.69. The minimum atomic E-state index is 0.253. The van der Waals surface area contributed by atoms with E-state index >= 15 is 0 Å². The second-order valence-electron chi connectivity index (χ2n) is 4.29. The van der Waals surface area contributed by atoms with Crippen LogP contribution in [-0.4, -0.2) is 25.8 Å². The van der Waals surface area contributed by atoms with Crippen molar-refractivity contribution in [3.8, 4) is 11.5 Å². The third-order valence-electron chi connectivity index (χ3n) is 3.44. The molecule has 82 valence electrons. The summed E-state index contributed by atoms with van der Waals surface area (Å²) in [5.41, 5.74) is 2.56. The van der Waals surface area contributed by atoms with E-state index < -0.39 is 0 Å². The minimum Gasteiger partial charge on any atom is -0.504 e. The van der Waals surface area contributed by atoms with Gasteiger partial charge in [-0.2, -0.15) is 0 Å². The first-order valence-electron chi connectivity index (χ1n) is 5.35. The highest BCUT2D eigenvalue weighted by Crippen LogP contribution is 2.32. The summed E-state index contributed by atoms with van der Waals surface area (Å²) in [6, 6.07) is 4.29. The van der Waals surface area contributed by atoms with Gasteiger partial charge >= 0.3 is 0 Å². The fraction of sp³-hybridized carbons (Fsp3) is 0.500. The van der Waals surface area contributed by atoms with E-state index in [9.17, 15) is 5.11 Å². The first kappa shape index (κ1) is 10.3. The largest absolute Gasteiger partial charge is 0.504 e. The monoisotopic (exact) mass is 208 g/mol. The minimum absolute atomic E-state index is 0.253. The smallest absolute Gasteiger partial charge is 0.161 e. The van der Waals surface area contributed by atoms with Crippen molar-refractivity contribution in [3.63, 3.8) is 0 Å².